The van der Waals surface area contributed by atoms with E-state index in [-0.39, 0.29) is 5.60 Å². The molecule has 31 heavy (non-hydrogen) atoms. The van der Waals surface area contributed by atoms with Gasteiger partial charge in [0, 0.05) is 0 Å². The van der Waals surface area contributed by atoms with Crippen molar-refractivity contribution in [2.45, 2.75) is 135 Å². The van der Waals surface area contributed by atoms with E-state index in [1.165, 1.54) is 89.9 Å². The van der Waals surface area contributed by atoms with Crippen LogP contribution in [0.5, 0.6) is 0 Å². The highest BCUT2D eigenvalue weighted by Gasteiger charge is 2.51. The second-order valence-electron chi connectivity index (χ2n) is 12.5. The van der Waals surface area contributed by atoms with Gasteiger partial charge in [0.1, 0.15) is 0 Å². The van der Waals surface area contributed by atoms with Crippen LogP contribution < -0.4 is 0 Å². The Kier molecular flexibility index (Phi) is 7.90. The van der Waals surface area contributed by atoms with Crippen LogP contribution in [0.3, 0.4) is 0 Å². The topological polar surface area (TPSA) is 29.5 Å². The van der Waals surface area contributed by atoms with Gasteiger partial charge in [-0.2, -0.15) is 0 Å². The third kappa shape index (κ3) is 5.43. The standard InChI is InChI=1S/C29H50O2/c1-28(2,24-15-5-4-6-16-24)31-27(30)19-11-12-20-29(3)25-17-9-7-13-22(25)21-23-14-8-10-18-26(23)29/h7,9,22-27,30H,4-6,8,10-21H2,1-3H3. The van der Waals surface area contributed by atoms with Crippen LogP contribution in [0.2, 0.25) is 0 Å². The Morgan fingerprint density at radius 1 is 0.903 bits per heavy atom. The van der Waals surface area contributed by atoms with Gasteiger partial charge >= 0.3 is 0 Å². The van der Waals surface area contributed by atoms with Crippen LogP contribution in [0.1, 0.15) is 124 Å². The summed E-state index contributed by atoms with van der Waals surface area (Å²) in [6.07, 6.45) is 25.4. The Balaban J connectivity index is 1.28. The molecule has 6 atom stereocenters. The van der Waals surface area contributed by atoms with Crippen LogP contribution in [0.25, 0.3) is 0 Å². The van der Waals surface area contributed by atoms with Gasteiger partial charge in [0.05, 0.1) is 5.60 Å². The lowest BCUT2D eigenvalue weighted by Crippen LogP contribution is -2.49. The van der Waals surface area contributed by atoms with Gasteiger partial charge in [0.15, 0.2) is 6.29 Å². The highest BCUT2D eigenvalue weighted by Crippen LogP contribution is 2.60. The van der Waals surface area contributed by atoms with Crippen LogP contribution in [0.4, 0.5) is 0 Å². The van der Waals surface area contributed by atoms with Gasteiger partial charge in [-0.25, -0.2) is 0 Å². The van der Waals surface area contributed by atoms with Crippen molar-refractivity contribution < 1.29 is 9.84 Å². The van der Waals surface area contributed by atoms with E-state index >= 15 is 0 Å². The van der Waals surface area contributed by atoms with E-state index in [0.29, 0.717) is 11.3 Å². The highest BCUT2D eigenvalue weighted by atomic mass is 16.6. The maximum absolute atomic E-state index is 10.7. The molecule has 0 amide bonds. The Morgan fingerprint density at radius 2 is 1.61 bits per heavy atom. The fraction of sp³-hybridized carbons (Fsp3) is 0.931. The van der Waals surface area contributed by atoms with Gasteiger partial charge < -0.3 is 9.84 Å². The summed E-state index contributed by atoms with van der Waals surface area (Å²) in [6.45, 7) is 7.07. The SMILES string of the molecule is CC(C)(OC(O)CCCCC1(C)C2CC=CCC2CC2CCCCC21)C1CCCCC1. The molecule has 2 nitrogen and oxygen atoms in total. The number of rotatable bonds is 8. The van der Waals surface area contributed by atoms with Gasteiger partial charge in [-0.3, -0.25) is 0 Å². The average Bonchev–Trinajstić information content (AvgIpc) is 2.77. The van der Waals surface area contributed by atoms with Gasteiger partial charge in [0.2, 0.25) is 0 Å². The van der Waals surface area contributed by atoms with Gasteiger partial charge in [-0.1, -0.05) is 64.0 Å². The zero-order valence-electron chi connectivity index (χ0n) is 20.8. The quantitative estimate of drug-likeness (QED) is 0.240. The first-order chi connectivity index (χ1) is 14.9. The maximum Gasteiger partial charge on any atom is 0.155 e. The Hall–Kier alpha value is -0.340. The minimum Gasteiger partial charge on any atom is -0.368 e. The second kappa shape index (κ2) is 10.3. The molecule has 1 N–H and O–H groups in total. The number of ether oxygens (including phenoxy) is 1. The van der Waals surface area contributed by atoms with E-state index < -0.39 is 6.29 Å². The van der Waals surface area contributed by atoms with Crippen LogP contribution in [-0.4, -0.2) is 17.0 Å². The summed E-state index contributed by atoms with van der Waals surface area (Å²) in [5, 5.41) is 10.7. The smallest absolute Gasteiger partial charge is 0.155 e. The minimum absolute atomic E-state index is 0.188. The molecular formula is C29H50O2. The molecule has 0 bridgehead atoms. The number of allylic oxidation sites excluding steroid dienone is 2. The lowest BCUT2D eigenvalue weighted by molar-refractivity contribution is -0.198. The van der Waals surface area contributed by atoms with Crippen molar-refractivity contribution in [1.82, 2.24) is 0 Å². The summed E-state index contributed by atoms with van der Waals surface area (Å²) >= 11 is 0. The van der Waals surface area contributed by atoms with Crippen molar-refractivity contribution in [3.8, 4) is 0 Å². The maximum atomic E-state index is 10.7. The molecule has 4 aliphatic rings. The number of fused-ring (bicyclic) bond motifs is 2. The molecule has 6 unspecified atom stereocenters. The number of hydrogen-bond acceptors (Lipinski definition) is 2. The molecule has 178 valence electrons. The molecule has 0 saturated heterocycles. The molecule has 4 rings (SSSR count). The third-order valence-corrected chi connectivity index (χ3v) is 10.2. The summed E-state index contributed by atoms with van der Waals surface area (Å²) in [6, 6.07) is 0. The molecule has 0 aromatic carbocycles. The van der Waals surface area contributed by atoms with Crippen molar-refractivity contribution >= 4 is 0 Å². The number of aliphatic hydroxyl groups is 1. The summed E-state index contributed by atoms with van der Waals surface area (Å²) in [7, 11) is 0. The number of aliphatic hydroxyl groups excluding tert-OH is 1. The predicted molar refractivity (Wildman–Crippen MR) is 130 cm³/mol. The van der Waals surface area contributed by atoms with Crippen molar-refractivity contribution in [2.75, 3.05) is 0 Å². The molecule has 0 heterocycles. The van der Waals surface area contributed by atoms with Crippen LogP contribution in [0, 0.1) is 35.0 Å². The third-order valence-electron chi connectivity index (χ3n) is 10.2. The van der Waals surface area contributed by atoms with E-state index in [0.717, 1.165) is 36.5 Å². The lowest BCUT2D eigenvalue weighted by Gasteiger charge is -2.57. The van der Waals surface area contributed by atoms with E-state index in [4.69, 9.17) is 4.74 Å². The van der Waals surface area contributed by atoms with Crippen molar-refractivity contribution in [2.24, 2.45) is 35.0 Å². The largest absolute Gasteiger partial charge is 0.368 e. The van der Waals surface area contributed by atoms with Crippen molar-refractivity contribution in [3.05, 3.63) is 12.2 Å². The van der Waals surface area contributed by atoms with Gasteiger partial charge in [-0.15, -0.1) is 0 Å². The van der Waals surface area contributed by atoms with E-state index in [1.54, 1.807) is 0 Å². The van der Waals surface area contributed by atoms with Gasteiger partial charge in [-0.05, 0) is 107 Å². The second-order valence-corrected chi connectivity index (χ2v) is 12.5. The molecule has 0 aliphatic heterocycles. The molecule has 0 aromatic heterocycles. The van der Waals surface area contributed by atoms with Crippen LogP contribution in [0.15, 0.2) is 12.2 Å². The molecule has 2 heteroatoms. The molecule has 0 radical (unpaired) electrons. The minimum atomic E-state index is -0.594. The Morgan fingerprint density at radius 3 is 2.42 bits per heavy atom. The van der Waals surface area contributed by atoms with Gasteiger partial charge in [0.25, 0.3) is 0 Å². The lowest BCUT2D eigenvalue weighted by atomic mass is 9.48. The summed E-state index contributed by atoms with van der Waals surface area (Å²) in [4.78, 5) is 0. The summed E-state index contributed by atoms with van der Waals surface area (Å²) < 4.78 is 6.21. The molecule has 0 aromatic rings. The Bertz CT molecular complexity index is 590. The molecule has 3 saturated carbocycles. The first-order valence-electron chi connectivity index (χ1n) is 13.9. The number of hydrogen-bond donors (Lipinski definition) is 1. The first kappa shape index (κ1) is 23.8. The van der Waals surface area contributed by atoms with Crippen LogP contribution in [-0.2, 0) is 4.74 Å². The predicted octanol–water partition coefficient (Wildman–Crippen LogP) is 8.04. The first-order valence-corrected chi connectivity index (χ1v) is 13.9. The normalized spacial score (nSPS) is 37.8. The van der Waals surface area contributed by atoms with E-state index in [1.807, 2.05) is 0 Å². The zero-order chi connectivity index (χ0) is 21.9. The molecule has 0 spiro atoms. The summed E-state index contributed by atoms with van der Waals surface area (Å²) in [5.41, 5.74) is 0.318. The molecule has 4 aliphatic carbocycles. The Labute approximate surface area is 192 Å². The van der Waals surface area contributed by atoms with Crippen LogP contribution >= 0.6 is 0 Å². The van der Waals surface area contributed by atoms with Crippen molar-refractivity contribution in [3.63, 3.8) is 0 Å². The summed E-state index contributed by atoms with van der Waals surface area (Å²) in [5.74, 6) is 4.36. The fourth-order valence-corrected chi connectivity index (χ4v) is 8.46. The van der Waals surface area contributed by atoms with Crippen molar-refractivity contribution in [1.29, 1.82) is 0 Å². The molecular weight excluding hydrogens is 380 g/mol. The van der Waals surface area contributed by atoms with E-state index in [2.05, 4.69) is 32.9 Å². The van der Waals surface area contributed by atoms with E-state index in [9.17, 15) is 5.11 Å². The number of unbranched alkanes of at least 4 members (excludes halogenated alkanes) is 1. The monoisotopic (exact) mass is 430 g/mol. The molecule has 3 fully saturated rings. The fourth-order valence-electron chi connectivity index (χ4n) is 8.46. The zero-order valence-corrected chi connectivity index (χ0v) is 20.8. The highest BCUT2D eigenvalue weighted by molar-refractivity contribution is 5.07. The average molecular weight is 431 g/mol.